The standard InChI is InChI=1S/C30H30N4O/c1-22-18-28(23(2)34(22)29-10-4-3-5-11-29)19-31-32-30(35)26-14-12-24(13-15-26)20-33-17-16-25-8-6-7-9-27(25)21-33/h3-15,18-19H,16-17,20-21H2,1-2H3,(H,32,35)/b31-19-. The molecule has 5 nitrogen and oxygen atoms in total. The monoisotopic (exact) mass is 462 g/mol. The number of carbonyl (C=O) groups excluding carboxylic acids is 1. The predicted molar refractivity (Wildman–Crippen MR) is 141 cm³/mol. The predicted octanol–water partition coefficient (Wildman–Crippen LogP) is 5.42. The highest BCUT2D eigenvalue weighted by Gasteiger charge is 2.16. The fourth-order valence-corrected chi connectivity index (χ4v) is 4.83. The average molecular weight is 463 g/mol. The third-order valence-electron chi connectivity index (χ3n) is 6.69. The maximum absolute atomic E-state index is 12.6. The summed E-state index contributed by atoms with van der Waals surface area (Å²) < 4.78 is 2.18. The van der Waals surface area contributed by atoms with Crippen LogP contribution in [0.25, 0.3) is 5.69 Å². The van der Waals surface area contributed by atoms with Crippen LogP contribution >= 0.6 is 0 Å². The Labute approximate surface area is 206 Å². The van der Waals surface area contributed by atoms with Crippen molar-refractivity contribution >= 4 is 12.1 Å². The summed E-state index contributed by atoms with van der Waals surface area (Å²) in [5, 5.41) is 4.22. The Balaban J connectivity index is 1.19. The van der Waals surface area contributed by atoms with Crippen LogP contribution < -0.4 is 5.43 Å². The van der Waals surface area contributed by atoms with Crippen molar-refractivity contribution in [1.29, 1.82) is 0 Å². The number of amides is 1. The van der Waals surface area contributed by atoms with Crippen molar-refractivity contribution in [3.63, 3.8) is 0 Å². The van der Waals surface area contributed by atoms with Gasteiger partial charge in [0.15, 0.2) is 0 Å². The minimum absolute atomic E-state index is 0.212. The molecule has 0 fully saturated rings. The summed E-state index contributed by atoms with van der Waals surface area (Å²) in [7, 11) is 0. The zero-order valence-corrected chi connectivity index (χ0v) is 20.2. The van der Waals surface area contributed by atoms with E-state index in [2.05, 4.69) is 76.3 Å². The fraction of sp³-hybridized carbons (Fsp3) is 0.200. The van der Waals surface area contributed by atoms with Gasteiger partial charge in [-0.3, -0.25) is 9.69 Å². The van der Waals surface area contributed by atoms with E-state index < -0.39 is 0 Å². The van der Waals surface area contributed by atoms with Crippen LogP contribution in [0.15, 0.2) is 90.0 Å². The molecular formula is C30H30N4O. The molecule has 0 aliphatic carbocycles. The van der Waals surface area contributed by atoms with Crippen molar-refractivity contribution in [2.75, 3.05) is 6.54 Å². The summed E-state index contributed by atoms with van der Waals surface area (Å²) in [6.45, 7) is 7.03. The molecule has 0 unspecified atom stereocenters. The van der Waals surface area contributed by atoms with Crippen molar-refractivity contribution < 1.29 is 4.79 Å². The minimum atomic E-state index is -0.212. The number of benzene rings is 3. The molecule has 1 N–H and O–H groups in total. The highest BCUT2D eigenvalue weighted by Crippen LogP contribution is 2.21. The number of rotatable bonds is 6. The summed E-state index contributed by atoms with van der Waals surface area (Å²) in [6.07, 6.45) is 2.80. The number of aromatic nitrogens is 1. The lowest BCUT2D eigenvalue weighted by atomic mass is 9.99. The van der Waals surface area contributed by atoms with Gasteiger partial charge in [0.25, 0.3) is 5.91 Å². The Bertz CT molecular complexity index is 1350. The van der Waals surface area contributed by atoms with Crippen molar-refractivity contribution in [2.24, 2.45) is 5.10 Å². The van der Waals surface area contributed by atoms with Crippen molar-refractivity contribution in [1.82, 2.24) is 14.9 Å². The Kier molecular flexibility index (Phi) is 6.59. The van der Waals surface area contributed by atoms with Crippen molar-refractivity contribution in [2.45, 2.75) is 33.4 Å². The highest BCUT2D eigenvalue weighted by atomic mass is 16.2. The summed E-state index contributed by atoms with van der Waals surface area (Å²) in [4.78, 5) is 15.1. The number of para-hydroxylation sites is 1. The highest BCUT2D eigenvalue weighted by molar-refractivity contribution is 5.95. The number of carbonyl (C=O) groups is 1. The van der Waals surface area contributed by atoms with E-state index in [-0.39, 0.29) is 5.91 Å². The number of fused-ring (bicyclic) bond motifs is 1. The summed E-state index contributed by atoms with van der Waals surface area (Å²) in [5.41, 5.74) is 11.6. The first kappa shape index (κ1) is 22.8. The van der Waals surface area contributed by atoms with Crippen LogP contribution in [0.5, 0.6) is 0 Å². The molecule has 4 aromatic rings. The molecule has 0 bridgehead atoms. The molecule has 176 valence electrons. The SMILES string of the molecule is Cc1cc(/C=N\NC(=O)c2ccc(CN3CCc4ccccc4C3)cc2)c(C)n1-c1ccccc1. The molecule has 1 aliphatic heterocycles. The number of nitrogens with zero attached hydrogens (tertiary/aromatic N) is 3. The molecular weight excluding hydrogens is 432 g/mol. The van der Waals surface area contributed by atoms with Crippen LogP contribution in [0.4, 0.5) is 0 Å². The number of hydrogen-bond donors (Lipinski definition) is 1. The Hall–Kier alpha value is -3.96. The van der Waals surface area contributed by atoms with E-state index in [1.54, 1.807) is 6.21 Å². The van der Waals surface area contributed by atoms with Gasteiger partial charge in [-0.05, 0) is 67.3 Å². The fourth-order valence-electron chi connectivity index (χ4n) is 4.83. The Morgan fingerprint density at radius 2 is 1.66 bits per heavy atom. The van der Waals surface area contributed by atoms with Crippen molar-refractivity contribution in [3.05, 3.63) is 124 Å². The second kappa shape index (κ2) is 10.1. The van der Waals surface area contributed by atoms with Gasteiger partial charge in [0, 0.05) is 47.8 Å². The number of nitrogens with one attached hydrogen (secondary N) is 1. The molecule has 1 amide bonds. The third kappa shape index (κ3) is 5.10. The van der Waals surface area contributed by atoms with E-state index in [1.165, 1.54) is 16.7 Å². The first-order valence-electron chi connectivity index (χ1n) is 12.0. The van der Waals surface area contributed by atoms with Crippen LogP contribution in [0.3, 0.4) is 0 Å². The third-order valence-corrected chi connectivity index (χ3v) is 6.69. The molecule has 1 aliphatic rings. The molecule has 5 heteroatoms. The number of hydrogen-bond acceptors (Lipinski definition) is 3. The molecule has 0 radical (unpaired) electrons. The molecule has 2 heterocycles. The second-order valence-electron chi connectivity index (χ2n) is 9.12. The van der Waals surface area contributed by atoms with Crippen LogP contribution in [0, 0.1) is 13.8 Å². The molecule has 0 spiro atoms. The van der Waals surface area contributed by atoms with E-state index in [0.717, 1.165) is 48.7 Å². The lowest BCUT2D eigenvalue weighted by molar-refractivity contribution is 0.0955. The van der Waals surface area contributed by atoms with Crippen molar-refractivity contribution in [3.8, 4) is 5.69 Å². The van der Waals surface area contributed by atoms with Gasteiger partial charge in [-0.1, -0.05) is 54.6 Å². The van der Waals surface area contributed by atoms with Crippen LogP contribution in [0.2, 0.25) is 0 Å². The molecule has 5 rings (SSSR count). The second-order valence-corrected chi connectivity index (χ2v) is 9.12. The van der Waals surface area contributed by atoms with Gasteiger partial charge in [-0.25, -0.2) is 5.43 Å². The Morgan fingerprint density at radius 1 is 0.943 bits per heavy atom. The zero-order valence-electron chi connectivity index (χ0n) is 20.2. The quantitative estimate of drug-likeness (QED) is 0.307. The largest absolute Gasteiger partial charge is 0.318 e. The first-order chi connectivity index (χ1) is 17.1. The van der Waals surface area contributed by atoms with Gasteiger partial charge in [0.05, 0.1) is 6.21 Å². The molecule has 35 heavy (non-hydrogen) atoms. The molecule has 1 aromatic heterocycles. The lowest BCUT2D eigenvalue weighted by Gasteiger charge is -2.28. The minimum Gasteiger partial charge on any atom is -0.318 e. The average Bonchev–Trinajstić information content (AvgIpc) is 3.17. The number of hydrazone groups is 1. The van der Waals surface area contributed by atoms with E-state index in [0.29, 0.717) is 5.56 Å². The molecule has 0 saturated heterocycles. The molecule has 0 atom stereocenters. The first-order valence-corrected chi connectivity index (χ1v) is 12.0. The zero-order chi connectivity index (χ0) is 24.2. The van der Waals surface area contributed by atoms with Gasteiger partial charge in [-0.15, -0.1) is 0 Å². The van der Waals surface area contributed by atoms with E-state index in [1.807, 2.05) is 42.5 Å². The topological polar surface area (TPSA) is 49.6 Å². The van der Waals surface area contributed by atoms with Gasteiger partial charge >= 0.3 is 0 Å². The normalized spacial score (nSPS) is 13.7. The lowest BCUT2D eigenvalue weighted by Crippen LogP contribution is -2.30. The van der Waals surface area contributed by atoms with Gasteiger partial charge in [0.1, 0.15) is 0 Å². The maximum atomic E-state index is 12.6. The molecule has 0 saturated carbocycles. The Morgan fingerprint density at radius 3 is 2.43 bits per heavy atom. The summed E-state index contributed by atoms with van der Waals surface area (Å²) >= 11 is 0. The van der Waals surface area contributed by atoms with E-state index in [9.17, 15) is 4.79 Å². The summed E-state index contributed by atoms with van der Waals surface area (Å²) in [6, 6.07) is 28.8. The smallest absolute Gasteiger partial charge is 0.271 e. The van der Waals surface area contributed by atoms with Gasteiger partial charge in [0.2, 0.25) is 0 Å². The number of aryl methyl sites for hydroxylation is 1. The van der Waals surface area contributed by atoms with Crippen LogP contribution in [0.1, 0.15) is 44.0 Å². The maximum Gasteiger partial charge on any atom is 0.271 e. The summed E-state index contributed by atoms with van der Waals surface area (Å²) in [5.74, 6) is -0.212. The van der Waals surface area contributed by atoms with E-state index in [4.69, 9.17) is 0 Å². The van der Waals surface area contributed by atoms with E-state index >= 15 is 0 Å². The van der Waals surface area contributed by atoms with Crippen LogP contribution in [-0.2, 0) is 19.5 Å². The van der Waals surface area contributed by atoms with Gasteiger partial charge < -0.3 is 4.57 Å². The van der Waals surface area contributed by atoms with Crippen LogP contribution in [-0.4, -0.2) is 28.1 Å². The van der Waals surface area contributed by atoms with Gasteiger partial charge in [-0.2, -0.15) is 5.10 Å². The molecule has 3 aromatic carbocycles.